The fourth-order valence-electron chi connectivity index (χ4n) is 3.18. The van der Waals surface area contributed by atoms with E-state index in [9.17, 15) is 4.79 Å². The molecule has 1 amide bonds. The molecular formula is C14H18BrN3O. The van der Waals surface area contributed by atoms with E-state index in [1.807, 2.05) is 0 Å². The van der Waals surface area contributed by atoms with Gasteiger partial charge in [0.05, 0.1) is 5.56 Å². The van der Waals surface area contributed by atoms with Crippen LogP contribution in [0.25, 0.3) is 0 Å². The van der Waals surface area contributed by atoms with Gasteiger partial charge >= 0.3 is 0 Å². The molecule has 4 nitrogen and oxygen atoms in total. The van der Waals surface area contributed by atoms with Crippen LogP contribution in [-0.2, 0) is 0 Å². The van der Waals surface area contributed by atoms with Crippen LogP contribution in [0.1, 0.15) is 36.0 Å². The Labute approximate surface area is 121 Å². The topological polar surface area (TPSA) is 45.2 Å². The second-order valence-corrected chi connectivity index (χ2v) is 6.15. The van der Waals surface area contributed by atoms with Crippen LogP contribution in [0.4, 0.5) is 0 Å². The molecule has 2 atom stereocenters. The summed E-state index contributed by atoms with van der Waals surface area (Å²) in [4.78, 5) is 18.8. The largest absolute Gasteiger partial charge is 0.348 e. The zero-order chi connectivity index (χ0) is 13.2. The van der Waals surface area contributed by atoms with E-state index >= 15 is 0 Å². The van der Waals surface area contributed by atoms with Crippen molar-refractivity contribution in [2.75, 3.05) is 13.1 Å². The second kappa shape index (κ2) is 5.59. The number of carbonyl (C=O) groups is 1. The van der Waals surface area contributed by atoms with E-state index in [-0.39, 0.29) is 5.91 Å². The van der Waals surface area contributed by atoms with Gasteiger partial charge in [0.1, 0.15) is 4.60 Å². The summed E-state index contributed by atoms with van der Waals surface area (Å²) in [6.07, 6.45) is 6.48. The predicted octanol–water partition coefficient (Wildman–Crippen LogP) is 2.20. The lowest BCUT2D eigenvalue weighted by Gasteiger charge is -2.32. The monoisotopic (exact) mass is 323 g/mol. The summed E-state index contributed by atoms with van der Waals surface area (Å²) >= 11 is 3.28. The molecule has 0 spiro atoms. The Morgan fingerprint density at radius 1 is 1.32 bits per heavy atom. The van der Waals surface area contributed by atoms with Crippen molar-refractivity contribution < 1.29 is 4.79 Å². The van der Waals surface area contributed by atoms with Gasteiger partial charge < -0.3 is 5.32 Å². The van der Waals surface area contributed by atoms with Gasteiger partial charge in [0.2, 0.25) is 0 Å². The molecule has 3 heterocycles. The van der Waals surface area contributed by atoms with Gasteiger partial charge in [-0.3, -0.25) is 9.69 Å². The van der Waals surface area contributed by atoms with Crippen molar-refractivity contribution in [1.29, 1.82) is 0 Å². The molecule has 102 valence electrons. The van der Waals surface area contributed by atoms with Gasteiger partial charge in [0.15, 0.2) is 0 Å². The lowest BCUT2D eigenvalue weighted by atomic mass is 9.99. The first-order valence-electron chi connectivity index (χ1n) is 6.90. The fourth-order valence-corrected chi connectivity index (χ4v) is 3.41. The van der Waals surface area contributed by atoms with Gasteiger partial charge in [-0.15, -0.1) is 0 Å². The van der Waals surface area contributed by atoms with Crippen LogP contribution in [-0.4, -0.2) is 41.0 Å². The maximum absolute atomic E-state index is 12.2. The molecule has 0 bridgehead atoms. The van der Waals surface area contributed by atoms with E-state index in [2.05, 4.69) is 31.1 Å². The number of pyridine rings is 1. The van der Waals surface area contributed by atoms with Gasteiger partial charge in [-0.25, -0.2) is 4.98 Å². The third-order valence-corrected chi connectivity index (χ3v) is 4.63. The van der Waals surface area contributed by atoms with Crippen molar-refractivity contribution in [3.63, 3.8) is 0 Å². The summed E-state index contributed by atoms with van der Waals surface area (Å²) in [6.45, 7) is 2.31. The third-order valence-electron chi connectivity index (χ3n) is 4.16. The fraction of sp³-hybridized carbons (Fsp3) is 0.571. The molecule has 0 radical (unpaired) electrons. The Bertz CT molecular complexity index is 462. The third kappa shape index (κ3) is 2.82. The lowest BCUT2D eigenvalue weighted by molar-refractivity contribution is 0.0915. The number of halogens is 1. The first kappa shape index (κ1) is 13.1. The lowest BCUT2D eigenvalue weighted by Crippen LogP contribution is -2.46. The number of nitrogens with zero attached hydrogens (tertiary/aromatic N) is 2. The Balaban J connectivity index is 1.65. The van der Waals surface area contributed by atoms with Crippen molar-refractivity contribution in [3.8, 4) is 0 Å². The van der Waals surface area contributed by atoms with Gasteiger partial charge in [0.25, 0.3) is 5.91 Å². The average molecular weight is 324 g/mol. The number of amides is 1. The molecule has 1 N–H and O–H groups in total. The minimum Gasteiger partial charge on any atom is -0.348 e. The first-order valence-corrected chi connectivity index (χ1v) is 7.70. The molecule has 3 rings (SSSR count). The normalized spacial score (nSPS) is 27.0. The highest BCUT2D eigenvalue weighted by Crippen LogP contribution is 2.27. The van der Waals surface area contributed by atoms with Gasteiger partial charge in [0, 0.05) is 24.8 Å². The quantitative estimate of drug-likeness (QED) is 0.849. The standard InChI is InChI=1S/C14H18BrN3O/c15-13-5-4-10(9-16-13)14(19)17-11-6-8-18-7-2-1-3-12(11)18/h4-5,9,11-12H,1-3,6-8H2,(H,17,19). The van der Waals surface area contributed by atoms with Crippen molar-refractivity contribution in [1.82, 2.24) is 15.2 Å². The molecule has 2 aliphatic heterocycles. The van der Waals surface area contributed by atoms with E-state index in [4.69, 9.17) is 0 Å². The van der Waals surface area contributed by atoms with Crippen molar-refractivity contribution >= 4 is 21.8 Å². The number of hydrogen-bond donors (Lipinski definition) is 1. The van der Waals surface area contributed by atoms with Crippen LogP contribution in [0.5, 0.6) is 0 Å². The molecule has 2 fully saturated rings. The van der Waals surface area contributed by atoms with Crippen molar-refractivity contribution in [2.24, 2.45) is 0 Å². The summed E-state index contributed by atoms with van der Waals surface area (Å²) < 4.78 is 0.753. The number of piperidine rings is 1. The van der Waals surface area contributed by atoms with Crippen LogP contribution in [0, 0.1) is 0 Å². The first-order chi connectivity index (χ1) is 9.24. The van der Waals surface area contributed by atoms with E-state index in [0.29, 0.717) is 17.6 Å². The summed E-state index contributed by atoms with van der Waals surface area (Å²) in [5.41, 5.74) is 0.637. The summed E-state index contributed by atoms with van der Waals surface area (Å²) in [5, 5.41) is 3.18. The molecule has 0 aliphatic carbocycles. The molecular weight excluding hydrogens is 306 g/mol. The number of rotatable bonds is 2. The predicted molar refractivity (Wildman–Crippen MR) is 77.0 cm³/mol. The highest BCUT2D eigenvalue weighted by atomic mass is 79.9. The minimum atomic E-state index is -0.00239. The number of carbonyl (C=O) groups excluding carboxylic acids is 1. The van der Waals surface area contributed by atoms with Crippen molar-refractivity contribution in [2.45, 2.75) is 37.8 Å². The molecule has 0 aromatic carbocycles. The number of nitrogens with one attached hydrogen (secondary N) is 1. The van der Waals surface area contributed by atoms with Gasteiger partial charge in [-0.05, 0) is 53.9 Å². The zero-order valence-corrected chi connectivity index (χ0v) is 12.4. The van der Waals surface area contributed by atoms with E-state index in [0.717, 1.165) is 17.6 Å². The van der Waals surface area contributed by atoms with Crippen LogP contribution < -0.4 is 5.32 Å². The number of fused-ring (bicyclic) bond motifs is 1. The summed E-state index contributed by atoms with van der Waals surface area (Å²) in [7, 11) is 0. The Morgan fingerprint density at radius 3 is 3.00 bits per heavy atom. The van der Waals surface area contributed by atoms with Gasteiger partial charge in [-0.2, -0.15) is 0 Å². The molecule has 2 saturated heterocycles. The van der Waals surface area contributed by atoms with Crippen LogP contribution in [0.15, 0.2) is 22.9 Å². The van der Waals surface area contributed by atoms with Crippen LogP contribution in [0.2, 0.25) is 0 Å². The molecule has 0 saturated carbocycles. The smallest absolute Gasteiger partial charge is 0.253 e. The molecule has 5 heteroatoms. The summed E-state index contributed by atoms with van der Waals surface area (Å²) in [5.74, 6) is -0.00239. The Hall–Kier alpha value is -0.940. The number of aromatic nitrogens is 1. The SMILES string of the molecule is O=C(NC1CCN2CCCCC12)c1ccc(Br)nc1. The Morgan fingerprint density at radius 2 is 2.21 bits per heavy atom. The summed E-state index contributed by atoms with van der Waals surface area (Å²) in [6, 6.07) is 4.45. The van der Waals surface area contributed by atoms with E-state index < -0.39 is 0 Å². The molecule has 1 aromatic heterocycles. The molecule has 2 aliphatic rings. The highest BCUT2D eigenvalue weighted by molar-refractivity contribution is 9.10. The Kier molecular flexibility index (Phi) is 3.84. The molecule has 2 unspecified atom stereocenters. The zero-order valence-electron chi connectivity index (χ0n) is 10.8. The van der Waals surface area contributed by atoms with E-state index in [1.54, 1.807) is 18.3 Å². The minimum absolute atomic E-state index is 0.00239. The maximum atomic E-state index is 12.2. The van der Waals surface area contributed by atoms with Crippen LogP contribution >= 0.6 is 15.9 Å². The highest BCUT2D eigenvalue weighted by Gasteiger charge is 2.36. The van der Waals surface area contributed by atoms with Gasteiger partial charge in [-0.1, -0.05) is 6.42 Å². The average Bonchev–Trinajstić information content (AvgIpc) is 2.83. The molecule has 19 heavy (non-hydrogen) atoms. The molecule has 1 aromatic rings. The maximum Gasteiger partial charge on any atom is 0.253 e. The number of hydrogen-bond acceptors (Lipinski definition) is 3. The van der Waals surface area contributed by atoms with E-state index in [1.165, 1.54) is 25.8 Å². The second-order valence-electron chi connectivity index (χ2n) is 5.34. The van der Waals surface area contributed by atoms with Crippen LogP contribution in [0.3, 0.4) is 0 Å². The van der Waals surface area contributed by atoms with Crippen molar-refractivity contribution in [3.05, 3.63) is 28.5 Å².